The van der Waals surface area contributed by atoms with E-state index in [0.29, 0.717) is 19.6 Å². The molecule has 2 rings (SSSR count). The molecule has 27 heavy (non-hydrogen) atoms. The first-order valence-corrected chi connectivity index (χ1v) is 9.07. The lowest BCUT2D eigenvalue weighted by Gasteiger charge is -2.25. The van der Waals surface area contributed by atoms with E-state index in [1.165, 1.54) is 23.1 Å². The molecule has 2 amide bonds. The van der Waals surface area contributed by atoms with Crippen LogP contribution in [0.4, 0.5) is 23.7 Å². The molecule has 0 atom stereocenters. The average Bonchev–Trinajstić information content (AvgIpc) is 2.59. The molecular weight excluding hydrogens is 423 g/mol. The van der Waals surface area contributed by atoms with Crippen molar-refractivity contribution in [3.63, 3.8) is 0 Å². The Kier molecular flexibility index (Phi) is 7.26. The maximum absolute atomic E-state index is 13.2. The summed E-state index contributed by atoms with van der Waals surface area (Å²) in [5, 5.41) is 2.41. The summed E-state index contributed by atoms with van der Waals surface area (Å²) in [6.45, 7) is 1.26. The Balaban J connectivity index is 2.19. The summed E-state index contributed by atoms with van der Waals surface area (Å²) in [6.07, 6.45) is -4.54. The van der Waals surface area contributed by atoms with Gasteiger partial charge in [-0.05, 0) is 43.9 Å². The highest BCUT2D eigenvalue weighted by atomic mass is 79.9. The second kappa shape index (κ2) is 9.23. The number of alkyl halides is 3. The van der Waals surface area contributed by atoms with Crippen LogP contribution in [-0.4, -0.2) is 43.0 Å². The van der Waals surface area contributed by atoms with E-state index in [4.69, 9.17) is 0 Å². The maximum Gasteiger partial charge on any atom is 0.418 e. The van der Waals surface area contributed by atoms with E-state index in [0.717, 1.165) is 16.1 Å². The smallest absolute Gasteiger partial charge is 0.319 e. The van der Waals surface area contributed by atoms with E-state index >= 15 is 0 Å². The fourth-order valence-corrected chi connectivity index (χ4v) is 2.68. The van der Waals surface area contributed by atoms with Gasteiger partial charge in [0.2, 0.25) is 0 Å². The van der Waals surface area contributed by atoms with Crippen LogP contribution in [0.5, 0.6) is 0 Å². The standard InChI is InChI=1S/C19H21BrF3N3O/c1-25(2)11-12-26(13-14-7-9-15(20)10-8-14)18(27)24-17-6-4-3-5-16(17)19(21,22)23/h3-10H,11-13H2,1-2H3,(H,24,27). The van der Waals surface area contributed by atoms with Gasteiger partial charge in [-0.3, -0.25) is 0 Å². The summed E-state index contributed by atoms with van der Waals surface area (Å²) in [5.74, 6) is 0. The van der Waals surface area contributed by atoms with Crippen LogP contribution in [0.15, 0.2) is 53.0 Å². The zero-order valence-electron chi connectivity index (χ0n) is 15.1. The average molecular weight is 444 g/mol. The first kappa shape index (κ1) is 21.2. The van der Waals surface area contributed by atoms with Gasteiger partial charge in [-0.2, -0.15) is 13.2 Å². The minimum Gasteiger partial charge on any atom is -0.319 e. The van der Waals surface area contributed by atoms with Crippen LogP contribution >= 0.6 is 15.9 Å². The van der Waals surface area contributed by atoms with Crippen molar-refractivity contribution in [2.24, 2.45) is 0 Å². The Hall–Kier alpha value is -2.06. The third-order valence-electron chi connectivity index (χ3n) is 3.87. The monoisotopic (exact) mass is 443 g/mol. The van der Waals surface area contributed by atoms with Crippen molar-refractivity contribution < 1.29 is 18.0 Å². The molecular formula is C19H21BrF3N3O. The van der Waals surface area contributed by atoms with E-state index in [-0.39, 0.29) is 5.69 Å². The number of anilines is 1. The van der Waals surface area contributed by atoms with Crippen molar-refractivity contribution in [2.45, 2.75) is 12.7 Å². The molecule has 0 radical (unpaired) electrons. The van der Waals surface area contributed by atoms with Gasteiger partial charge in [-0.15, -0.1) is 0 Å². The molecule has 0 saturated heterocycles. The molecule has 146 valence electrons. The largest absolute Gasteiger partial charge is 0.418 e. The number of benzene rings is 2. The first-order valence-electron chi connectivity index (χ1n) is 8.28. The molecule has 0 saturated carbocycles. The maximum atomic E-state index is 13.2. The number of rotatable bonds is 6. The van der Waals surface area contributed by atoms with E-state index in [9.17, 15) is 18.0 Å². The Morgan fingerprint density at radius 2 is 1.67 bits per heavy atom. The molecule has 2 aromatic carbocycles. The van der Waals surface area contributed by atoms with Gasteiger partial charge >= 0.3 is 12.2 Å². The number of para-hydroxylation sites is 1. The molecule has 0 unspecified atom stereocenters. The summed E-state index contributed by atoms with van der Waals surface area (Å²) in [7, 11) is 3.74. The van der Waals surface area contributed by atoms with E-state index in [1.807, 2.05) is 43.3 Å². The topological polar surface area (TPSA) is 35.6 Å². The number of hydrogen-bond donors (Lipinski definition) is 1. The van der Waals surface area contributed by atoms with Crippen molar-refractivity contribution in [1.82, 2.24) is 9.80 Å². The number of nitrogens with one attached hydrogen (secondary N) is 1. The summed E-state index contributed by atoms with van der Waals surface area (Å²) in [4.78, 5) is 16.1. The highest BCUT2D eigenvalue weighted by Gasteiger charge is 2.33. The van der Waals surface area contributed by atoms with Crippen LogP contribution in [0.2, 0.25) is 0 Å². The third-order valence-corrected chi connectivity index (χ3v) is 4.39. The van der Waals surface area contributed by atoms with Gasteiger partial charge in [0.25, 0.3) is 0 Å². The molecule has 0 aromatic heterocycles. The van der Waals surface area contributed by atoms with Gasteiger partial charge in [-0.25, -0.2) is 4.79 Å². The Morgan fingerprint density at radius 3 is 2.26 bits per heavy atom. The number of amides is 2. The molecule has 0 fully saturated rings. The fraction of sp³-hybridized carbons (Fsp3) is 0.316. The molecule has 8 heteroatoms. The number of nitrogens with zero attached hydrogens (tertiary/aromatic N) is 2. The van der Waals surface area contributed by atoms with Crippen molar-refractivity contribution in [1.29, 1.82) is 0 Å². The first-order chi connectivity index (χ1) is 12.7. The number of carbonyl (C=O) groups is 1. The Labute approximate surface area is 165 Å². The van der Waals surface area contributed by atoms with Crippen LogP contribution < -0.4 is 5.32 Å². The van der Waals surface area contributed by atoms with Crippen molar-refractivity contribution >= 4 is 27.6 Å². The number of carbonyl (C=O) groups excluding carboxylic acids is 1. The SMILES string of the molecule is CN(C)CCN(Cc1ccc(Br)cc1)C(=O)Nc1ccccc1C(F)(F)F. The minimum absolute atomic E-state index is 0.249. The molecule has 0 spiro atoms. The molecule has 0 heterocycles. The van der Waals surface area contributed by atoms with E-state index in [2.05, 4.69) is 21.2 Å². The molecule has 0 aliphatic carbocycles. The lowest BCUT2D eigenvalue weighted by Crippen LogP contribution is -2.39. The highest BCUT2D eigenvalue weighted by Crippen LogP contribution is 2.34. The normalized spacial score (nSPS) is 11.5. The predicted octanol–water partition coefficient (Wildman–Crippen LogP) is 5.06. The number of halogens is 4. The zero-order chi connectivity index (χ0) is 20.0. The summed E-state index contributed by atoms with van der Waals surface area (Å²) in [6, 6.07) is 11.8. The third kappa shape index (κ3) is 6.55. The van der Waals surface area contributed by atoms with E-state index in [1.54, 1.807) is 0 Å². The van der Waals surface area contributed by atoms with Gasteiger partial charge in [0.15, 0.2) is 0 Å². The van der Waals surface area contributed by atoms with Crippen molar-refractivity contribution in [3.05, 3.63) is 64.1 Å². The second-order valence-corrected chi connectivity index (χ2v) is 7.24. The van der Waals surface area contributed by atoms with Gasteiger partial charge in [-0.1, -0.05) is 40.2 Å². The van der Waals surface area contributed by atoms with Crippen LogP contribution in [0.1, 0.15) is 11.1 Å². The molecule has 0 aliphatic rings. The molecule has 2 aromatic rings. The van der Waals surface area contributed by atoms with Gasteiger partial charge < -0.3 is 15.1 Å². The van der Waals surface area contributed by atoms with Crippen molar-refractivity contribution in [3.8, 4) is 0 Å². The van der Waals surface area contributed by atoms with Gasteiger partial charge in [0.1, 0.15) is 0 Å². The van der Waals surface area contributed by atoms with Gasteiger partial charge in [0.05, 0.1) is 11.3 Å². The Morgan fingerprint density at radius 1 is 1.04 bits per heavy atom. The van der Waals surface area contributed by atoms with E-state index < -0.39 is 17.8 Å². The van der Waals surface area contributed by atoms with Crippen LogP contribution in [-0.2, 0) is 12.7 Å². The highest BCUT2D eigenvalue weighted by molar-refractivity contribution is 9.10. The summed E-state index contributed by atoms with van der Waals surface area (Å²) >= 11 is 3.36. The van der Waals surface area contributed by atoms with Crippen molar-refractivity contribution in [2.75, 3.05) is 32.5 Å². The second-order valence-electron chi connectivity index (χ2n) is 6.32. The molecule has 1 N–H and O–H groups in total. The molecule has 0 aliphatic heterocycles. The number of likely N-dealkylation sites (N-methyl/N-ethyl adjacent to an activating group) is 1. The lowest BCUT2D eigenvalue weighted by molar-refractivity contribution is -0.136. The predicted molar refractivity (Wildman–Crippen MR) is 104 cm³/mol. The molecule has 0 bridgehead atoms. The van der Waals surface area contributed by atoms with Crippen LogP contribution in [0.25, 0.3) is 0 Å². The Bertz CT molecular complexity index is 764. The zero-order valence-corrected chi connectivity index (χ0v) is 16.6. The molecule has 4 nitrogen and oxygen atoms in total. The number of hydrogen-bond acceptors (Lipinski definition) is 2. The fourth-order valence-electron chi connectivity index (χ4n) is 2.42. The van der Waals surface area contributed by atoms with Crippen LogP contribution in [0.3, 0.4) is 0 Å². The quantitative estimate of drug-likeness (QED) is 0.676. The summed E-state index contributed by atoms with van der Waals surface area (Å²) < 4.78 is 40.4. The minimum atomic E-state index is -4.54. The van der Waals surface area contributed by atoms with Crippen LogP contribution in [0, 0.1) is 0 Å². The van der Waals surface area contributed by atoms with Gasteiger partial charge in [0, 0.05) is 24.1 Å². The number of urea groups is 1. The summed E-state index contributed by atoms with van der Waals surface area (Å²) in [5.41, 5.74) is -0.230. The lowest BCUT2D eigenvalue weighted by atomic mass is 10.1.